The highest BCUT2D eigenvalue weighted by molar-refractivity contribution is 5.75. The van der Waals surface area contributed by atoms with Gasteiger partial charge < -0.3 is 5.32 Å². The lowest BCUT2D eigenvalue weighted by Crippen LogP contribution is -2.35. The number of carbonyl (C=O) groups excluding carboxylic acids is 1. The van der Waals surface area contributed by atoms with Gasteiger partial charge in [-0.15, -0.1) is 0 Å². The van der Waals surface area contributed by atoms with Crippen LogP contribution in [0.5, 0.6) is 0 Å². The molecule has 2 aromatic heterocycles. The van der Waals surface area contributed by atoms with E-state index in [0.29, 0.717) is 5.69 Å². The molecule has 1 amide bonds. The molecule has 0 bridgehead atoms. The molecule has 1 aromatic carbocycles. The summed E-state index contributed by atoms with van der Waals surface area (Å²) in [5, 5.41) is 6.77. The highest BCUT2D eigenvalue weighted by Crippen LogP contribution is 2.13. The highest BCUT2D eigenvalue weighted by Gasteiger charge is 2.07. The Labute approximate surface area is 155 Å². The van der Waals surface area contributed by atoms with Crippen molar-refractivity contribution in [2.75, 3.05) is 6.54 Å². The maximum Gasteiger partial charge on any atom is 0.266 e. The summed E-state index contributed by atoms with van der Waals surface area (Å²) in [7, 11) is 0. The van der Waals surface area contributed by atoms with Crippen molar-refractivity contribution >= 4 is 5.91 Å². The van der Waals surface area contributed by atoms with E-state index in [-0.39, 0.29) is 36.7 Å². The molecule has 1 N–H and O–H groups in total. The summed E-state index contributed by atoms with van der Waals surface area (Å²) in [5.41, 5.74) is 1.57. The third kappa shape index (κ3) is 4.75. The first kappa shape index (κ1) is 18.2. The summed E-state index contributed by atoms with van der Waals surface area (Å²) in [6, 6.07) is 13.8. The van der Waals surface area contributed by atoms with Crippen LogP contribution in [0, 0.1) is 6.92 Å². The smallest absolute Gasteiger partial charge is 0.266 e. The van der Waals surface area contributed by atoms with Gasteiger partial charge in [-0.05, 0) is 13.0 Å². The summed E-state index contributed by atoms with van der Waals surface area (Å²) >= 11 is 0. The van der Waals surface area contributed by atoms with Crippen molar-refractivity contribution in [1.82, 2.24) is 24.6 Å². The van der Waals surface area contributed by atoms with Gasteiger partial charge in [0.25, 0.3) is 11.1 Å². The number of aromatic nitrogens is 4. The van der Waals surface area contributed by atoms with Crippen LogP contribution in [-0.2, 0) is 17.9 Å². The Morgan fingerprint density at radius 1 is 1.07 bits per heavy atom. The van der Waals surface area contributed by atoms with Crippen LogP contribution in [0.4, 0.5) is 0 Å². The van der Waals surface area contributed by atoms with Crippen molar-refractivity contribution in [1.29, 1.82) is 0 Å². The van der Waals surface area contributed by atoms with Gasteiger partial charge in [-0.3, -0.25) is 19.0 Å². The Bertz CT molecular complexity index is 1060. The Kier molecular flexibility index (Phi) is 5.55. The van der Waals surface area contributed by atoms with E-state index >= 15 is 0 Å². The molecule has 0 spiro atoms. The summed E-state index contributed by atoms with van der Waals surface area (Å²) in [6.45, 7) is 2.13. The summed E-state index contributed by atoms with van der Waals surface area (Å²) in [4.78, 5) is 40.2. The van der Waals surface area contributed by atoms with Gasteiger partial charge in [0.2, 0.25) is 5.91 Å². The number of benzene rings is 1. The lowest BCUT2D eigenvalue weighted by atomic mass is 10.1. The van der Waals surface area contributed by atoms with Gasteiger partial charge in [0.1, 0.15) is 6.54 Å². The zero-order valence-corrected chi connectivity index (χ0v) is 14.8. The van der Waals surface area contributed by atoms with Crippen LogP contribution in [0.1, 0.15) is 5.69 Å². The fourth-order valence-corrected chi connectivity index (χ4v) is 2.53. The Morgan fingerprint density at radius 2 is 1.85 bits per heavy atom. The number of aryl methyl sites for hydroxylation is 1. The van der Waals surface area contributed by atoms with Gasteiger partial charge >= 0.3 is 0 Å². The number of hydrogen-bond donors (Lipinski definition) is 1. The van der Waals surface area contributed by atoms with Gasteiger partial charge in [-0.25, -0.2) is 9.67 Å². The zero-order chi connectivity index (χ0) is 19.2. The number of nitrogens with one attached hydrogen (secondary N) is 1. The van der Waals surface area contributed by atoms with Crippen LogP contribution in [0.2, 0.25) is 0 Å². The molecule has 3 aromatic rings. The van der Waals surface area contributed by atoms with E-state index in [9.17, 15) is 14.4 Å². The van der Waals surface area contributed by atoms with Crippen LogP contribution in [-0.4, -0.2) is 31.8 Å². The molecule has 138 valence electrons. The van der Waals surface area contributed by atoms with E-state index in [1.54, 1.807) is 13.0 Å². The molecule has 3 rings (SSSR count). The Balaban J connectivity index is 1.59. The Hall–Kier alpha value is -3.55. The molecule has 0 radical (unpaired) electrons. The minimum absolute atomic E-state index is 0.142. The predicted molar refractivity (Wildman–Crippen MR) is 100 cm³/mol. The average molecular weight is 365 g/mol. The predicted octanol–water partition coefficient (Wildman–Crippen LogP) is 0.592. The molecule has 0 unspecified atom stereocenters. The first-order valence-corrected chi connectivity index (χ1v) is 8.46. The third-order valence-electron chi connectivity index (χ3n) is 3.91. The lowest BCUT2D eigenvalue weighted by Gasteiger charge is -2.09. The molecule has 0 fully saturated rings. The van der Waals surface area contributed by atoms with Crippen LogP contribution < -0.4 is 16.4 Å². The number of nitrogens with zero attached hydrogens (tertiary/aromatic N) is 4. The van der Waals surface area contributed by atoms with Crippen LogP contribution in [0.3, 0.4) is 0 Å². The van der Waals surface area contributed by atoms with Crippen molar-refractivity contribution in [3.8, 4) is 11.3 Å². The molecule has 0 aliphatic heterocycles. The molecule has 0 aliphatic carbocycles. The summed E-state index contributed by atoms with van der Waals surface area (Å²) in [6.07, 6.45) is 1.36. The average Bonchev–Trinajstić information content (AvgIpc) is 2.67. The first-order chi connectivity index (χ1) is 13.0. The fraction of sp³-hybridized carbons (Fsp3) is 0.211. The van der Waals surface area contributed by atoms with Crippen LogP contribution in [0.25, 0.3) is 11.3 Å². The topological polar surface area (TPSA) is 98.9 Å². The summed E-state index contributed by atoms with van der Waals surface area (Å²) < 4.78 is 2.52. The van der Waals surface area contributed by atoms with Crippen LogP contribution >= 0.6 is 0 Å². The molecule has 8 heteroatoms. The van der Waals surface area contributed by atoms with Gasteiger partial charge in [-0.2, -0.15) is 5.10 Å². The van der Waals surface area contributed by atoms with E-state index in [1.807, 2.05) is 30.3 Å². The largest absolute Gasteiger partial charge is 0.353 e. The quantitative estimate of drug-likeness (QED) is 0.689. The van der Waals surface area contributed by atoms with Gasteiger partial charge in [0.15, 0.2) is 0 Å². The van der Waals surface area contributed by atoms with Crippen molar-refractivity contribution in [2.45, 2.75) is 20.0 Å². The minimum atomic E-state index is -0.341. The Morgan fingerprint density at radius 3 is 2.59 bits per heavy atom. The van der Waals surface area contributed by atoms with Crippen molar-refractivity contribution in [3.63, 3.8) is 0 Å². The molecular formula is C19H19N5O3. The van der Waals surface area contributed by atoms with E-state index in [1.165, 1.54) is 27.7 Å². The van der Waals surface area contributed by atoms with E-state index in [2.05, 4.69) is 15.4 Å². The molecule has 8 nitrogen and oxygen atoms in total. The van der Waals surface area contributed by atoms with Gasteiger partial charge in [-0.1, -0.05) is 30.3 Å². The molecule has 0 aliphatic rings. The van der Waals surface area contributed by atoms with E-state index in [0.717, 1.165) is 11.3 Å². The number of amides is 1. The van der Waals surface area contributed by atoms with Crippen LogP contribution in [0.15, 0.2) is 64.4 Å². The molecule has 27 heavy (non-hydrogen) atoms. The normalized spacial score (nSPS) is 10.6. The molecular weight excluding hydrogens is 346 g/mol. The third-order valence-corrected chi connectivity index (χ3v) is 3.91. The second-order valence-corrected chi connectivity index (χ2v) is 5.99. The van der Waals surface area contributed by atoms with Gasteiger partial charge in [0, 0.05) is 24.2 Å². The molecule has 2 heterocycles. The number of carbonyl (C=O) groups is 1. The van der Waals surface area contributed by atoms with Crippen molar-refractivity contribution in [2.24, 2.45) is 0 Å². The molecule has 0 saturated carbocycles. The number of rotatable bonds is 6. The molecule has 0 atom stereocenters. The second kappa shape index (κ2) is 8.22. The van der Waals surface area contributed by atoms with Gasteiger partial charge in [0.05, 0.1) is 24.3 Å². The van der Waals surface area contributed by atoms with Crippen molar-refractivity contribution in [3.05, 3.63) is 81.3 Å². The van der Waals surface area contributed by atoms with Crippen molar-refractivity contribution < 1.29 is 4.79 Å². The van der Waals surface area contributed by atoms with E-state index in [4.69, 9.17) is 0 Å². The lowest BCUT2D eigenvalue weighted by molar-refractivity contribution is -0.121. The standard InChI is InChI=1S/C19H19N5O3/c1-14-7-8-18(26)24(22-14)10-9-20-17(25)12-23-13-21-16(11-19(23)27)15-5-3-2-4-6-15/h2-8,11,13H,9-10,12H2,1H3,(H,20,25). The second-order valence-electron chi connectivity index (χ2n) is 5.99. The first-order valence-electron chi connectivity index (χ1n) is 8.46. The zero-order valence-electron chi connectivity index (χ0n) is 14.8. The molecule has 0 saturated heterocycles. The SMILES string of the molecule is Cc1ccc(=O)n(CCNC(=O)Cn2cnc(-c3ccccc3)cc2=O)n1. The minimum Gasteiger partial charge on any atom is -0.353 e. The van der Waals surface area contributed by atoms with E-state index < -0.39 is 0 Å². The maximum atomic E-state index is 12.2. The maximum absolute atomic E-state index is 12.2. The fourth-order valence-electron chi connectivity index (χ4n) is 2.53. The summed E-state index contributed by atoms with van der Waals surface area (Å²) in [5.74, 6) is -0.341. The monoisotopic (exact) mass is 365 g/mol. The number of hydrogen-bond acceptors (Lipinski definition) is 5. The highest BCUT2D eigenvalue weighted by atomic mass is 16.2.